The lowest BCUT2D eigenvalue weighted by molar-refractivity contribution is -0.133. The number of carbonyl (C=O) groups excluding carboxylic acids is 2. The van der Waals surface area contributed by atoms with Crippen LogP contribution in [0.3, 0.4) is 0 Å². The maximum Gasteiger partial charge on any atom is 0.338 e. The van der Waals surface area contributed by atoms with Crippen LogP contribution in [0.4, 0.5) is 0 Å². The molecule has 0 unspecified atom stereocenters. The molecule has 0 fully saturated rings. The molecule has 1 heterocycles. The van der Waals surface area contributed by atoms with E-state index in [0.29, 0.717) is 34.1 Å². The first kappa shape index (κ1) is 19.1. The first-order chi connectivity index (χ1) is 13.1. The van der Waals surface area contributed by atoms with E-state index < -0.39 is 0 Å². The van der Waals surface area contributed by atoms with Crippen molar-refractivity contribution in [2.75, 3.05) is 26.2 Å². The summed E-state index contributed by atoms with van der Waals surface area (Å²) in [6.07, 6.45) is 2.21. The number of esters is 2. The Morgan fingerprint density at radius 3 is 2.59 bits per heavy atom. The highest BCUT2D eigenvalue weighted by atomic mass is 32.2. The Bertz CT molecular complexity index is 877. The molecule has 0 aromatic heterocycles. The lowest BCUT2D eigenvalue weighted by atomic mass is 9.99. The van der Waals surface area contributed by atoms with Crippen molar-refractivity contribution < 1.29 is 28.5 Å². The normalized spacial score (nSPS) is 12.3. The molecule has 1 aliphatic rings. The molecule has 2 aromatic rings. The maximum absolute atomic E-state index is 12.3. The fourth-order valence-corrected chi connectivity index (χ4v) is 3.25. The number of ether oxygens (including phenoxy) is 4. The minimum Gasteiger partial charge on any atom is -0.493 e. The minimum atomic E-state index is -0.350. The molecule has 0 spiro atoms. The fraction of sp³-hybridized carbons (Fsp3) is 0.300. The Kier molecular flexibility index (Phi) is 5.91. The minimum absolute atomic E-state index is 0.234. The number of rotatable bonds is 7. The van der Waals surface area contributed by atoms with Crippen molar-refractivity contribution in [2.24, 2.45) is 0 Å². The summed E-state index contributed by atoms with van der Waals surface area (Å²) in [4.78, 5) is 23.9. The third kappa shape index (κ3) is 3.88. The summed E-state index contributed by atoms with van der Waals surface area (Å²) in [6, 6.07) is 8.93. The highest BCUT2D eigenvalue weighted by molar-refractivity contribution is 7.98. The van der Waals surface area contributed by atoms with Crippen LogP contribution in [0.5, 0.6) is 17.2 Å². The van der Waals surface area contributed by atoms with Crippen LogP contribution >= 0.6 is 11.8 Å². The van der Waals surface area contributed by atoms with E-state index in [1.807, 2.05) is 12.3 Å². The SMILES string of the molecule is COc1ccc(-c2ccc3c(c2)COC3=O)c(OC(=O)CCSC)c1OC. The van der Waals surface area contributed by atoms with E-state index in [4.69, 9.17) is 18.9 Å². The Morgan fingerprint density at radius 1 is 1.11 bits per heavy atom. The van der Waals surface area contributed by atoms with Crippen LogP contribution in [0.2, 0.25) is 0 Å². The molecule has 0 radical (unpaired) electrons. The lowest BCUT2D eigenvalue weighted by Gasteiger charge is -2.17. The van der Waals surface area contributed by atoms with Gasteiger partial charge in [-0.25, -0.2) is 4.79 Å². The molecule has 27 heavy (non-hydrogen) atoms. The van der Waals surface area contributed by atoms with Gasteiger partial charge in [-0.1, -0.05) is 6.07 Å². The van der Waals surface area contributed by atoms with E-state index in [1.165, 1.54) is 14.2 Å². The average molecular weight is 388 g/mol. The largest absolute Gasteiger partial charge is 0.493 e. The van der Waals surface area contributed by atoms with Gasteiger partial charge in [-0.3, -0.25) is 4.79 Å². The predicted molar refractivity (Wildman–Crippen MR) is 103 cm³/mol. The van der Waals surface area contributed by atoms with Crippen molar-refractivity contribution >= 4 is 23.7 Å². The molecule has 0 atom stereocenters. The van der Waals surface area contributed by atoms with Gasteiger partial charge in [-0.15, -0.1) is 0 Å². The van der Waals surface area contributed by atoms with E-state index >= 15 is 0 Å². The van der Waals surface area contributed by atoms with E-state index in [-0.39, 0.29) is 25.0 Å². The number of hydrogen-bond donors (Lipinski definition) is 0. The topological polar surface area (TPSA) is 71.1 Å². The van der Waals surface area contributed by atoms with Crippen LogP contribution < -0.4 is 14.2 Å². The van der Waals surface area contributed by atoms with Gasteiger partial charge in [0.25, 0.3) is 0 Å². The number of cyclic esters (lactones) is 1. The summed E-state index contributed by atoms with van der Waals surface area (Å²) < 4.78 is 21.5. The zero-order chi connectivity index (χ0) is 19.4. The van der Waals surface area contributed by atoms with Crippen LogP contribution in [0, 0.1) is 0 Å². The fourth-order valence-electron chi connectivity index (χ4n) is 2.88. The Labute approximate surface area is 161 Å². The standard InChI is InChI=1S/C20H20O6S/c1-23-16-7-6-14(12-4-5-15-13(10-12)11-25-20(15)22)18(19(16)24-2)26-17(21)8-9-27-3/h4-7,10H,8-9,11H2,1-3H3. The van der Waals surface area contributed by atoms with Crippen LogP contribution in [-0.2, 0) is 16.1 Å². The lowest BCUT2D eigenvalue weighted by Crippen LogP contribution is -2.11. The number of methoxy groups -OCH3 is 2. The first-order valence-electron chi connectivity index (χ1n) is 8.34. The van der Waals surface area contributed by atoms with Gasteiger partial charge >= 0.3 is 11.9 Å². The summed E-state index contributed by atoms with van der Waals surface area (Å²) >= 11 is 1.57. The molecular weight excluding hydrogens is 368 g/mol. The number of benzene rings is 2. The molecule has 7 heteroatoms. The summed E-state index contributed by atoms with van der Waals surface area (Å²) in [6.45, 7) is 0.234. The number of hydrogen-bond acceptors (Lipinski definition) is 7. The zero-order valence-electron chi connectivity index (χ0n) is 15.4. The second kappa shape index (κ2) is 8.35. The number of thioether (sulfide) groups is 1. The molecule has 0 amide bonds. The number of fused-ring (bicyclic) bond motifs is 1. The van der Waals surface area contributed by atoms with Gasteiger partial charge in [0.2, 0.25) is 5.75 Å². The molecule has 0 bridgehead atoms. The molecule has 0 aliphatic carbocycles. The quantitative estimate of drug-likeness (QED) is 0.529. The monoisotopic (exact) mass is 388 g/mol. The van der Waals surface area contributed by atoms with Crippen LogP contribution in [-0.4, -0.2) is 38.2 Å². The predicted octanol–water partition coefficient (Wildman–Crippen LogP) is 3.70. The molecule has 0 saturated carbocycles. The zero-order valence-corrected chi connectivity index (χ0v) is 16.2. The summed E-state index contributed by atoms with van der Waals surface area (Å²) in [7, 11) is 3.02. The van der Waals surface area contributed by atoms with Gasteiger partial charge in [0.15, 0.2) is 11.5 Å². The van der Waals surface area contributed by atoms with Gasteiger partial charge in [0, 0.05) is 16.9 Å². The van der Waals surface area contributed by atoms with Crippen molar-refractivity contribution in [1.29, 1.82) is 0 Å². The van der Waals surface area contributed by atoms with Gasteiger partial charge in [0.05, 0.1) is 26.2 Å². The van der Waals surface area contributed by atoms with Gasteiger partial charge in [0.1, 0.15) is 6.61 Å². The molecule has 1 aliphatic heterocycles. The maximum atomic E-state index is 12.3. The first-order valence-corrected chi connectivity index (χ1v) is 9.73. The molecule has 0 saturated heterocycles. The molecule has 142 valence electrons. The highest BCUT2D eigenvalue weighted by Gasteiger charge is 2.24. The van der Waals surface area contributed by atoms with Crippen molar-refractivity contribution in [3.8, 4) is 28.4 Å². The Balaban J connectivity index is 2.06. The van der Waals surface area contributed by atoms with E-state index in [1.54, 1.807) is 36.0 Å². The molecular formula is C20H20O6S. The second-order valence-electron chi connectivity index (χ2n) is 5.84. The third-order valence-corrected chi connectivity index (χ3v) is 4.83. The van der Waals surface area contributed by atoms with Crippen molar-refractivity contribution in [3.05, 3.63) is 41.5 Å². The van der Waals surface area contributed by atoms with E-state index in [0.717, 1.165) is 11.1 Å². The smallest absolute Gasteiger partial charge is 0.338 e. The van der Waals surface area contributed by atoms with Crippen LogP contribution in [0.25, 0.3) is 11.1 Å². The van der Waals surface area contributed by atoms with Crippen molar-refractivity contribution in [3.63, 3.8) is 0 Å². The highest BCUT2D eigenvalue weighted by Crippen LogP contribution is 2.45. The molecule has 2 aromatic carbocycles. The van der Waals surface area contributed by atoms with E-state index in [2.05, 4.69) is 0 Å². The van der Waals surface area contributed by atoms with Crippen molar-refractivity contribution in [1.82, 2.24) is 0 Å². The Hall–Kier alpha value is -2.67. The second-order valence-corrected chi connectivity index (χ2v) is 6.83. The van der Waals surface area contributed by atoms with Crippen LogP contribution in [0.15, 0.2) is 30.3 Å². The van der Waals surface area contributed by atoms with Gasteiger partial charge in [-0.05, 0) is 36.1 Å². The summed E-state index contributed by atoms with van der Waals surface area (Å²) in [5.41, 5.74) is 2.82. The summed E-state index contributed by atoms with van der Waals surface area (Å²) in [5, 5.41) is 0. The summed E-state index contributed by atoms with van der Waals surface area (Å²) in [5.74, 6) is 1.10. The van der Waals surface area contributed by atoms with Crippen LogP contribution in [0.1, 0.15) is 22.3 Å². The van der Waals surface area contributed by atoms with Gasteiger partial charge < -0.3 is 18.9 Å². The number of carbonyl (C=O) groups is 2. The molecule has 6 nitrogen and oxygen atoms in total. The third-order valence-electron chi connectivity index (χ3n) is 4.22. The molecule has 3 rings (SSSR count). The Morgan fingerprint density at radius 2 is 1.89 bits per heavy atom. The van der Waals surface area contributed by atoms with E-state index in [9.17, 15) is 9.59 Å². The van der Waals surface area contributed by atoms with Crippen molar-refractivity contribution in [2.45, 2.75) is 13.0 Å². The van der Waals surface area contributed by atoms with Gasteiger partial charge in [-0.2, -0.15) is 11.8 Å². The molecule has 0 N–H and O–H groups in total. The average Bonchev–Trinajstić information content (AvgIpc) is 3.06.